The van der Waals surface area contributed by atoms with E-state index in [1.165, 1.54) is 6.07 Å². The molecule has 1 amide bonds. The summed E-state index contributed by atoms with van der Waals surface area (Å²) in [5.74, 6) is 0.152. The zero-order valence-electron chi connectivity index (χ0n) is 13.1. The van der Waals surface area contributed by atoms with E-state index >= 15 is 0 Å². The molecule has 1 aromatic rings. The van der Waals surface area contributed by atoms with Crippen LogP contribution in [0.25, 0.3) is 0 Å². The number of nitrogens with two attached hydrogens (primary N) is 1. The summed E-state index contributed by atoms with van der Waals surface area (Å²) in [6.07, 6.45) is 2.52. The number of carbonyl (C=O) groups excluding carboxylic acids is 1. The van der Waals surface area contributed by atoms with Gasteiger partial charge < -0.3 is 10.6 Å². The summed E-state index contributed by atoms with van der Waals surface area (Å²) in [6, 6.07) is 4.81. The number of carbonyl (C=O) groups is 1. The lowest BCUT2D eigenvalue weighted by Gasteiger charge is -2.34. The molecular weight excluding hydrogens is 282 g/mol. The molecule has 0 aromatic heterocycles. The van der Waals surface area contributed by atoms with Gasteiger partial charge in [-0.05, 0) is 38.2 Å². The van der Waals surface area contributed by atoms with Crippen LogP contribution in [0, 0.1) is 16.0 Å². The zero-order valence-corrected chi connectivity index (χ0v) is 13.1. The van der Waals surface area contributed by atoms with Crippen molar-refractivity contribution < 1.29 is 9.72 Å². The molecule has 1 fully saturated rings. The third-order valence-corrected chi connectivity index (χ3v) is 4.40. The van der Waals surface area contributed by atoms with Gasteiger partial charge in [0, 0.05) is 36.3 Å². The topological polar surface area (TPSA) is 89.5 Å². The summed E-state index contributed by atoms with van der Waals surface area (Å²) in [4.78, 5) is 25.1. The molecule has 0 radical (unpaired) electrons. The molecule has 0 spiro atoms. The number of nitrogens with zero attached hydrogens (tertiary/aromatic N) is 2. The molecule has 1 heterocycles. The summed E-state index contributed by atoms with van der Waals surface area (Å²) < 4.78 is 0. The molecule has 2 N–H and O–H groups in total. The van der Waals surface area contributed by atoms with Crippen LogP contribution < -0.4 is 5.73 Å². The molecule has 6 nitrogen and oxygen atoms in total. The Balaban J connectivity index is 2.22. The Labute approximate surface area is 130 Å². The van der Waals surface area contributed by atoms with E-state index in [1.54, 1.807) is 17.0 Å². The quantitative estimate of drug-likeness (QED) is 0.683. The van der Waals surface area contributed by atoms with Crippen LogP contribution in [0.3, 0.4) is 0 Å². The van der Waals surface area contributed by atoms with Crippen LogP contribution in [0.1, 0.15) is 42.6 Å². The maximum Gasteiger partial charge on any atom is 0.273 e. The Morgan fingerprint density at radius 1 is 1.55 bits per heavy atom. The van der Waals surface area contributed by atoms with Crippen molar-refractivity contribution in [1.82, 2.24) is 4.90 Å². The number of rotatable bonds is 4. The van der Waals surface area contributed by atoms with Crippen LogP contribution in [0.5, 0.6) is 0 Å². The smallest absolute Gasteiger partial charge is 0.273 e. The third-order valence-electron chi connectivity index (χ3n) is 4.40. The molecule has 120 valence electrons. The van der Waals surface area contributed by atoms with Gasteiger partial charge in [0.1, 0.15) is 0 Å². The Hall–Kier alpha value is -1.95. The molecule has 1 aromatic carbocycles. The number of hydrogen-bond donors (Lipinski definition) is 1. The number of amides is 1. The van der Waals surface area contributed by atoms with Crippen LogP contribution >= 0.6 is 0 Å². The molecule has 2 atom stereocenters. The Morgan fingerprint density at radius 2 is 2.27 bits per heavy atom. The van der Waals surface area contributed by atoms with Crippen LogP contribution in [-0.4, -0.2) is 34.9 Å². The van der Waals surface area contributed by atoms with Crippen LogP contribution in [-0.2, 0) is 6.42 Å². The number of likely N-dealkylation sites (tertiary alicyclic amines) is 1. The van der Waals surface area contributed by atoms with E-state index in [2.05, 4.69) is 0 Å². The van der Waals surface area contributed by atoms with Gasteiger partial charge in [0.15, 0.2) is 0 Å². The van der Waals surface area contributed by atoms with Crippen LogP contribution in [0.2, 0.25) is 0 Å². The summed E-state index contributed by atoms with van der Waals surface area (Å²) in [5, 5.41) is 11.1. The van der Waals surface area contributed by atoms with E-state index in [0.29, 0.717) is 36.6 Å². The maximum absolute atomic E-state index is 12.6. The van der Waals surface area contributed by atoms with E-state index in [9.17, 15) is 14.9 Å². The van der Waals surface area contributed by atoms with Gasteiger partial charge >= 0.3 is 0 Å². The van der Waals surface area contributed by atoms with Gasteiger partial charge in [-0.2, -0.15) is 0 Å². The van der Waals surface area contributed by atoms with Gasteiger partial charge in [-0.1, -0.05) is 13.0 Å². The lowest BCUT2D eigenvalue weighted by Crippen LogP contribution is -2.45. The number of nitro groups is 1. The normalized spacial score (nSPS) is 19.8. The highest BCUT2D eigenvalue weighted by Gasteiger charge is 2.27. The monoisotopic (exact) mass is 305 g/mol. The second kappa shape index (κ2) is 6.87. The fourth-order valence-corrected chi connectivity index (χ4v) is 2.97. The summed E-state index contributed by atoms with van der Waals surface area (Å²) >= 11 is 0. The van der Waals surface area contributed by atoms with E-state index < -0.39 is 4.92 Å². The summed E-state index contributed by atoms with van der Waals surface area (Å²) in [7, 11) is 0. The van der Waals surface area contributed by atoms with E-state index in [1.807, 2.05) is 13.8 Å². The molecule has 6 heteroatoms. The first-order valence-electron chi connectivity index (χ1n) is 7.76. The first-order chi connectivity index (χ1) is 10.4. The summed E-state index contributed by atoms with van der Waals surface area (Å²) in [5.41, 5.74) is 7.00. The minimum Gasteiger partial charge on any atom is -0.338 e. The van der Waals surface area contributed by atoms with Gasteiger partial charge in [0.2, 0.25) is 0 Å². The molecule has 0 bridgehead atoms. The fraction of sp³-hybridized carbons (Fsp3) is 0.562. The molecule has 2 unspecified atom stereocenters. The highest BCUT2D eigenvalue weighted by Crippen LogP contribution is 2.24. The standard InChI is InChI=1S/C16H23N3O3/c1-3-12-6-7-13(9-15(12)19(21)22)16(20)18-8-4-5-14(10-18)11(2)17/h6-7,9,11,14H,3-5,8,10,17H2,1-2H3. The molecular formula is C16H23N3O3. The predicted molar refractivity (Wildman–Crippen MR) is 84.8 cm³/mol. The van der Waals surface area contributed by atoms with Crippen molar-refractivity contribution >= 4 is 11.6 Å². The highest BCUT2D eigenvalue weighted by atomic mass is 16.6. The van der Waals surface area contributed by atoms with E-state index in [0.717, 1.165) is 12.8 Å². The largest absolute Gasteiger partial charge is 0.338 e. The average molecular weight is 305 g/mol. The third kappa shape index (κ3) is 3.44. The van der Waals surface area contributed by atoms with Gasteiger partial charge in [0.05, 0.1) is 4.92 Å². The second-order valence-electron chi connectivity index (χ2n) is 5.97. The van der Waals surface area contributed by atoms with Crippen LogP contribution in [0.4, 0.5) is 5.69 Å². The Kier molecular flexibility index (Phi) is 5.13. The van der Waals surface area contributed by atoms with E-state index in [-0.39, 0.29) is 17.6 Å². The first kappa shape index (κ1) is 16.4. The van der Waals surface area contributed by atoms with Crippen molar-refractivity contribution in [2.45, 2.75) is 39.2 Å². The lowest BCUT2D eigenvalue weighted by molar-refractivity contribution is -0.385. The maximum atomic E-state index is 12.6. The number of aryl methyl sites for hydroxylation is 1. The molecule has 1 saturated heterocycles. The average Bonchev–Trinajstić information content (AvgIpc) is 2.53. The SMILES string of the molecule is CCc1ccc(C(=O)N2CCCC(C(C)N)C2)cc1[N+](=O)[O-]. The van der Waals surface area contributed by atoms with Gasteiger partial charge in [-0.25, -0.2) is 0 Å². The predicted octanol–water partition coefficient (Wildman–Crippen LogP) is 2.36. The van der Waals surface area contributed by atoms with Crippen molar-refractivity contribution in [1.29, 1.82) is 0 Å². The summed E-state index contributed by atoms with van der Waals surface area (Å²) in [6.45, 7) is 5.13. The van der Waals surface area contributed by atoms with Crippen LogP contribution in [0.15, 0.2) is 18.2 Å². The number of nitro benzene ring substituents is 1. The number of hydrogen-bond acceptors (Lipinski definition) is 4. The molecule has 0 aliphatic carbocycles. The van der Waals surface area contributed by atoms with Crippen molar-refractivity contribution in [3.8, 4) is 0 Å². The fourth-order valence-electron chi connectivity index (χ4n) is 2.97. The molecule has 1 aliphatic rings. The second-order valence-corrected chi connectivity index (χ2v) is 5.97. The molecule has 2 rings (SSSR count). The molecule has 22 heavy (non-hydrogen) atoms. The van der Waals surface area contributed by atoms with Crippen molar-refractivity contribution in [3.05, 3.63) is 39.4 Å². The Bertz CT molecular complexity index is 572. The number of piperidine rings is 1. The first-order valence-corrected chi connectivity index (χ1v) is 7.76. The molecule has 0 saturated carbocycles. The minimum absolute atomic E-state index is 0.0223. The van der Waals surface area contributed by atoms with Gasteiger partial charge in [-0.3, -0.25) is 14.9 Å². The van der Waals surface area contributed by atoms with Gasteiger partial charge in [0.25, 0.3) is 11.6 Å². The molecule has 1 aliphatic heterocycles. The number of benzene rings is 1. The minimum atomic E-state index is -0.420. The Morgan fingerprint density at radius 3 is 2.86 bits per heavy atom. The van der Waals surface area contributed by atoms with Gasteiger partial charge in [-0.15, -0.1) is 0 Å². The highest BCUT2D eigenvalue weighted by molar-refractivity contribution is 5.95. The zero-order chi connectivity index (χ0) is 16.3. The van der Waals surface area contributed by atoms with Crippen molar-refractivity contribution in [3.63, 3.8) is 0 Å². The van der Waals surface area contributed by atoms with Crippen molar-refractivity contribution in [2.75, 3.05) is 13.1 Å². The van der Waals surface area contributed by atoms with Crippen molar-refractivity contribution in [2.24, 2.45) is 11.7 Å². The lowest BCUT2D eigenvalue weighted by atomic mass is 9.91. The van der Waals surface area contributed by atoms with E-state index in [4.69, 9.17) is 5.73 Å².